The molecule has 1 heterocycles. The Bertz CT molecular complexity index is 826. The van der Waals surface area contributed by atoms with Gasteiger partial charge in [-0.3, -0.25) is 0 Å². The number of unbranched alkanes of at least 4 members (excludes halogenated alkanes) is 1. The molecule has 3 rings (SSSR count). The van der Waals surface area contributed by atoms with Gasteiger partial charge >= 0.3 is 0 Å². The number of para-hydroxylation sites is 3. The van der Waals surface area contributed by atoms with Crippen LogP contribution in [0.2, 0.25) is 0 Å². The van der Waals surface area contributed by atoms with Crippen LogP contribution in [-0.2, 0) is 6.54 Å². The van der Waals surface area contributed by atoms with Crippen LogP contribution >= 0.6 is 0 Å². The van der Waals surface area contributed by atoms with Crippen molar-refractivity contribution < 1.29 is 9.84 Å². The SMILES string of the molecule is CC[C@@H](O)c1nc2ccccc2n1CCCCOc1ccccc1C. The van der Waals surface area contributed by atoms with Gasteiger partial charge in [0.1, 0.15) is 17.7 Å². The van der Waals surface area contributed by atoms with Crippen molar-refractivity contribution >= 4 is 11.0 Å². The van der Waals surface area contributed by atoms with Crippen LogP contribution in [0.25, 0.3) is 11.0 Å². The summed E-state index contributed by atoms with van der Waals surface area (Å²) in [7, 11) is 0. The number of ether oxygens (including phenoxy) is 1. The topological polar surface area (TPSA) is 47.3 Å². The van der Waals surface area contributed by atoms with E-state index in [-0.39, 0.29) is 0 Å². The first-order chi connectivity index (χ1) is 12.2. The molecule has 0 spiro atoms. The lowest BCUT2D eigenvalue weighted by Crippen LogP contribution is -2.09. The number of fused-ring (bicyclic) bond motifs is 1. The number of imidazole rings is 1. The molecule has 25 heavy (non-hydrogen) atoms. The van der Waals surface area contributed by atoms with Crippen molar-refractivity contribution in [2.45, 2.75) is 45.8 Å². The van der Waals surface area contributed by atoms with E-state index >= 15 is 0 Å². The molecule has 1 aromatic heterocycles. The van der Waals surface area contributed by atoms with Crippen LogP contribution in [0.4, 0.5) is 0 Å². The normalized spacial score (nSPS) is 12.4. The quantitative estimate of drug-likeness (QED) is 0.608. The Balaban J connectivity index is 1.62. The van der Waals surface area contributed by atoms with E-state index < -0.39 is 6.10 Å². The van der Waals surface area contributed by atoms with E-state index in [1.165, 1.54) is 0 Å². The maximum Gasteiger partial charge on any atom is 0.138 e. The van der Waals surface area contributed by atoms with Gasteiger partial charge < -0.3 is 14.4 Å². The van der Waals surface area contributed by atoms with E-state index in [9.17, 15) is 5.11 Å². The molecule has 132 valence electrons. The molecule has 4 heteroatoms. The highest BCUT2D eigenvalue weighted by atomic mass is 16.5. The highest BCUT2D eigenvalue weighted by Gasteiger charge is 2.16. The van der Waals surface area contributed by atoms with Gasteiger partial charge in [-0.25, -0.2) is 4.98 Å². The molecular formula is C21H26N2O2. The van der Waals surface area contributed by atoms with Crippen LogP contribution in [0.15, 0.2) is 48.5 Å². The van der Waals surface area contributed by atoms with Gasteiger partial charge in [0.2, 0.25) is 0 Å². The van der Waals surface area contributed by atoms with E-state index in [1.807, 2.05) is 43.3 Å². The lowest BCUT2D eigenvalue weighted by Gasteiger charge is -2.13. The third-order valence-corrected chi connectivity index (χ3v) is 4.50. The second kappa shape index (κ2) is 8.17. The molecule has 0 aliphatic carbocycles. The van der Waals surface area contributed by atoms with Gasteiger partial charge in [-0.15, -0.1) is 0 Å². The predicted octanol–water partition coefficient (Wildman–Crippen LogP) is 4.65. The van der Waals surface area contributed by atoms with Gasteiger partial charge in [0.25, 0.3) is 0 Å². The van der Waals surface area contributed by atoms with Crippen molar-refractivity contribution in [1.29, 1.82) is 0 Å². The first kappa shape index (κ1) is 17.5. The molecule has 3 aromatic rings. The minimum atomic E-state index is -0.518. The molecule has 0 saturated carbocycles. The van der Waals surface area contributed by atoms with Crippen LogP contribution < -0.4 is 4.74 Å². The zero-order valence-corrected chi connectivity index (χ0v) is 15.0. The first-order valence-electron chi connectivity index (χ1n) is 9.02. The van der Waals surface area contributed by atoms with Gasteiger partial charge in [0.15, 0.2) is 0 Å². The second-order valence-electron chi connectivity index (χ2n) is 6.36. The lowest BCUT2D eigenvalue weighted by molar-refractivity contribution is 0.159. The summed E-state index contributed by atoms with van der Waals surface area (Å²) < 4.78 is 8.02. The Labute approximate surface area is 149 Å². The fourth-order valence-corrected chi connectivity index (χ4v) is 3.04. The average Bonchev–Trinajstić information content (AvgIpc) is 3.01. The summed E-state index contributed by atoms with van der Waals surface area (Å²) >= 11 is 0. The largest absolute Gasteiger partial charge is 0.493 e. The number of hydrogen-bond acceptors (Lipinski definition) is 3. The summed E-state index contributed by atoms with van der Waals surface area (Å²) in [5, 5.41) is 10.3. The minimum absolute atomic E-state index is 0.518. The third-order valence-electron chi connectivity index (χ3n) is 4.50. The molecule has 0 aliphatic rings. The number of aliphatic hydroxyl groups is 1. The second-order valence-corrected chi connectivity index (χ2v) is 6.36. The summed E-state index contributed by atoms with van der Waals surface area (Å²) in [5.41, 5.74) is 3.20. The molecule has 0 unspecified atom stereocenters. The van der Waals surface area contributed by atoms with Gasteiger partial charge in [-0.2, -0.15) is 0 Å². The Morgan fingerprint density at radius 3 is 2.64 bits per heavy atom. The monoisotopic (exact) mass is 338 g/mol. The lowest BCUT2D eigenvalue weighted by atomic mass is 10.2. The van der Waals surface area contributed by atoms with Crippen molar-refractivity contribution in [2.75, 3.05) is 6.61 Å². The van der Waals surface area contributed by atoms with E-state index in [4.69, 9.17) is 4.74 Å². The molecule has 0 bridgehead atoms. The molecule has 0 fully saturated rings. The van der Waals surface area contributed by atoms with Crippen LogP contribution in [0.3, 0.4) is 0 Å². The molecule has 0 amide bonds. The Morgan fingerprint density at radius 1 is 1.08 bits per heavy atom. The number of hydrogen-bond donors (Lipinski definition) is 1. The fraction of sp³-hybridized carbons (Fsp3) is 0.381. The van der Waals surface area contributed by atoms with Crippen molar-refractivity contribution in [3.05, 3.63) is 59.9 Å². The molecule has 0 radical (unpaired) electrons. The Hall–Kier alpha value is -2.33. The van der Waals surface area contributed by atoms with Gasteiger partial charge in [-0.05, 0) is 49.9 Å². The maximum absolute atomic E-state index is 10.3. The van der Waals surface area contributed by atoms with Crippen molar-refractivity contribution in [3.63, 3.8) is 0 Å². The van der Waals surface area contributed by atoms with Crippen molar-refractivity contribution in [3.8, 4) is 5.75 Å². The Kier molecular flexibility index (Phi) is 5.71. The van der Waals surface area contributed by atoms with Crippen molar-refractivity contribution in [2.24, 2.45) is 0 Å². The number of nitrogens with zero attached hydrogens (tertiary/aromatic N) is 2. The molecule has 1 N–H and O–H groups in total. The Morgan fingerprint density at radius 2 is 1.84 bits per heavy atom. The van der Waals surface area contributed by atoms with E-state index in [0.717, 1.165) is 47.6 Å². The molecule has 1 atom stereocenters. The molecule has 0 aliphatic heterocycles. The van der Waals surface area contributed by atoms with Gasteiger partial charge in [0.05, 0.1) is 17.6 Å². The summed E-state index contributed by atoms with van der Waals surface area (Å²) in [4.78, 5) is 4.62. The van der Waals surface area contributed by atoms with E-state index in [2.05, 4.69) is 28.6 Å². The molecular weight excluding hydrogens is 312 g/mol. The number of benzene rings is 2. The van der Waals surface area contributed by atoms with Crippen LogP contribution in [0.1, 0.15) is 43.7 Å². The number of aromatic nitrogens is 2. The summed E-state index contributed by atoms with van der Waals surface area (Å²) in [6, 6.07) is 16.2. The summed E-state index contributed by atoms with van der Waals surface area (Å²) in [6.45, 7) is 5.57. The number of rotatable bonds is 8. The first-order valence-corrected chi connectivity index (χ1v) is 9.02. The summed E-state index contributed by atoms with van der Waals surface area (Å²) in [5.74, 6) is 1.72. The smallest absolute Gasteiger partial charge is 0.138 e. The average molecular weight is 338 g/mol. The number of aryl methyl sites for hydroxylation is 2. The summed E-state index contributed by atoms with van der Waals surface area (Å²) in [6.07, 6.45) is 2.09. The highest BCUT2D eigenvalue weighted by Crippen LogP contribution is 2.23. The predicted molar refractivity (Wildman–Crippen MR) is 101 cm³/mol. The van der Waals surface area contributed by atoms with Gasteiger partial charge in [-0.1, -0.05) is 37.3 Å². The van der Waals surface area contributed by atoms with Crippen LogP contribution in [0.5, 0.6) is 5.75 Å². The number of aliphatic hydroxyl groups excluding tert-OH is 1. The standard InChI is InChI=1S/C21H26N2O2/c1-3-19(24)21-22-17-11-5-6-12-18(17)23(21)14-8-9-15-25-20-13-7-4-10-16(20)2/h4-7,10-13,19,24H,3,8-9,14-15H2,1-2H3/t19-/m1/s1. The minimum Gasteiger partial charge on any atom is -0.493 e. The third kappa shape index (κ3) is 4.02. The molecule has 0 saturated heterocycles. The van der Waals surface area contributed by atoms with E-state index in [0.29, 0.717) is 13.0 Å². The molecule has 4 nitrogen and oxygen atoms in total. The van der Waals surface area contributed by atoms with Crippen molar-refractivity contribution in [1.82, 2.24) is 9.55 Å². The fourth-order valence-electron chi connectivity index (χ4n) is 3.04. The zero-order chi connectivity index (χ0) is 17.6. The maximum atomic E-state index is 10.3. The van der Waals surface area contributed by atoms with Gasteiger partial charge in [0, 0.05) is 6.54 Å². The van der Waals surface area contributed by atoms with E-state index in [1.54, 1.807) is 0 Å². The highest BCUT2D eigenvalue weighted by molar-refractivity contribution is 5.76. The van der Waals surface area contributed by atoms with Crippen LogP contribution in [0, 0.1) is 6.92 Å². The van der Waals surface area contributed by atoms with Crippen LogP contribution in [-0.4, -0.2) is 21.3 Å². The molecule has 2 aromatic carbocycles. The zero-order valence-electron chi connectivity index (χ0n) is 15.0.